The summed E-state index contributed by atoms with van der Waals surface area (Å²) in [5.74, 6) is 1.02. The Kier molecular flexibility index (Phi) is 3.90. The molecule has 3 rings (SSSR count). The van der Waals surface area contributed by atoms with Crippen molar-refractivity contribution < 1.29 is 4.74 Å². The van der Waals surface area contributed by atoms with Crippen LogP contribution in [0.25, 0.3) is 0 Å². The highest BCUT2D eigenvalue weighted by Crippen LogP contribution is 2.16. The van der Waals surface area contributed by atoms with Gasteiger partial charge >= 0.3 is 0 Å². The Balaban J connectivity index is 1.58. The van der Waals surface area contributed by atoms with E-state index in [1.165, 1.54) is 0 Å². The van der Waals surface area contributed by atoms with Crippen molar-refractivity contribution in [2.24, 2.45) is 0 Å². The van der Waals surface area contributed by atoms with Gasteiger partial charge in [-0.2, -0.15) is 0 Å². The molecule has 0 unspecified atom stereocenters. The first-order valence-electron chi connectivity index (χ1n) is 6.33. The average molecular weight is 276 g/mol. The van der Waals surface area contributed by atoms with Gasteiger partial charge in [0.1, 0.15) is 10.8 Å². The summed E-state index contributed by atoms with van der Waals surface area (Å²) in [7, 11) is 0. The van der Waals surface area contributed by atoms with E-state index in [0.29, 0.717) is 0 Å². The molecule has 1 fully saturated rings. The third-order valence-corrected chi connectivity index (χ3v) is 3.79. The van der Waals surface area contributed by atoms with Crippen LogP contribution in [0.5, 0.6) is 0 Å². The minimum atomic E-state index is 0.746. The van der Waals surface area contributed by atoms with Crippen LogP contribution in [-0.2, 0) is 11.3 Å². The number of nitrogens with one attached hydrogen (secondary N) is 1. The van der Waals surface area contributed by atoms with Crippen LogP contribution in [0, 0.1) is 0 Å². The fourth-order valence-corrected chi connectivity index (χ4v) is 2.54. The zero-order valence-electron chi connectivity index (χ0n) is 10.6. The monoisotopic (exact) mass is 276 g/mol. The second-order valence-corrected chi connectivity index (χ2v) is 5.26. The molecule has 3 heterocycles. The molecule has 1 aliphatic rings. The zero-order chi connectivity index (χ0) is 12.9. The normalized spacial score (nSPS) is 15.5. The Morgan fingerprint density at radius 3 is 2.84 bits per heavy atom. The summed E-state index contributed by atoms with van der Waals surface area (Å²) in [6, 6.07) is 4.11. The largest absolute Gasteiger partial charge is 0.378 e. The molecule has 0 aliphatic carbocycles. The first-order valence-corrected chi connectivity index (χ1v) is 7.21. The van der Waals surface area contributed by atoms with Crippen LogP contribution in [0.1, 0.15) is 5.01 Å². The van der Waals surface area contributed by atoms with E-state index in [2.05, 4.69) is 32.3 Å². The number of rotatable bonds is 4. The number of aromatic nitrogens is 2. The van der Waals surface area contributed by atoms with Crippen LogP contribution in [-0.4, -0.2) is 36.3 Å². The summed E-state index contributed by atoms with van der Waals surface area (Å²) in [5, 5.41) is 6.38. The summed E-state index contributed by atoms with van der Waals surface area (Å²) < 4.78 is 5.34. The average Bonchev–Trinajstić information content (AvgIpc) is 3.00. The number of morpholine rings is 1. The fourth-order valence-electron chi connectivity index (χ4n) is 1.99. The molecule has 2 aromatic heterocycles. The van der Waals surface area contributed by atoms with Gasteiger partial charge in [0, 0.05) is 24.7 Å². The van der Waals surface area contributed by atoms with Gasteiger partial charge in [0.2, 0.25) is 0 Å². The molecule has 6 heteroatoms. The van der Waals surface area contributed by atoms with Crippen molar-refractivity contribution in [2.45, 2.75) is 6.54 Å². The maximum absolute atomic E-state index is 5.34. The molecule has 0 spiro atoms. The van der Waals surface area contributed by atoms with Gasteiger partial charge in [-0.05, 0) is 12.1 Å². The van der Waals surface area contributed by atoms with Crippen molar-refractivity contribution in [3.05, 3.63) is 34.9 Å². The SMILES string of the molecule is c1csc(CNc2ccc(N3CCOCC3)nc2)n1. The summed E-state index contributed by atoms with van der Waals surface area (Å²) in [6.45, 7) is 4.14. The van der Waals surface area contributed by atoms with Gasteiger partial charge in [-0.25, -0.2) is 9.97 Å². The maximum Gasteiger partial charge on any atom is 0.128 e. The molecule has 0 aromatic carbocycles. The lowest BCUT2D eigenvalue weighted by Gasteiger charge is -2.27. The minimum absolute atomic E-state index is 0.746. The number of hydrogen-bond acceptors (Lipinski definition) is 6. The van der Waals surface area contributed by atoms with Crippen LogP contribution in [0.15, 0.2) is 29.9 Å². The molecule has 19 heavy (non-hydrogen) atoms. The molecule has 1 aliphatic heterocycles. The van der Waals surface area contributed by atoms with Crippen molar-refractivity contribution in [1.82, 2.24) is 9.97 Å². The maximum atomic E-state index is 5.34. The van der Waals surface area contributed by atoms with E-state index in [4.69, 9.17) is 4.74 Å². The molecular weight excluding hydrogens is 260 g/mol. The molecule has 100 valence electrons. The Labute approximate surface area is 116 Å². The van der Waals surface area contributed by atoms with E-state index >= 15 is 0 Å². The fraction of sp³-hybridized carbons (Fsp3) is 0.385. The Morgan fingerprint density at radius 1 is 1.26 bits per heavy atom. The summed E-state index contributed by atoms with van der Waals surface area (Å²) in [6.07, 6.45) is 3.69. The summed E-state index contributed by atoms with van der Waals surface area (Å²) >= 11 is 1.65. The van der Waals surface area contributed by atoms with Gasteiger partial charge in [0.05, 0.1) is 31.6 Å². The molecular formula is C13H16N4OS. The van der Waals surface area contributed by atoms with E-state index < -0.39 is 0 Å². The number of anilines is 2. The predicted molar refractivity (Wildman–Crippen MR) is 76.7 cm³/mol. The molecule has 1 N–H and O–H groups in total. The highest BCUT2D eigenvalue weighted by molar-refractivity contribution is 7.09. The highest BCUT2D eigenvalue weighted by Gasteiger charge is 2.11. The first kappa shape index (κ1) is 12.4. The van der Waals surface area contributed by atoms with Crippen molar-refractivity contribution in [1.29, 1.82) is 0 Å². The number of ether oxygens (including phenoxy) is 1. The van der Waals surface area contributed by atoms with Crippen LogP contribution in [0.2, 0.25) is 0 Å². The standard InChI is InChI=1S/C13H16N4OS/c1-2-12(17-4-6-18-7-5-17)16-9-11(1)15-10-13-14-3-8-19-13/h1-3,8-9,15H,4-7,10H2. The van der Waals surface area contributed by atoms with Gasteiger partial charge in [-0.15, -0.1) is 11.3 Å². The minimum Gasteiger partial charge on any atom is -0.378 e. The van der Waals surface area contributed by atoms with Crippen LogP contribution >= 0.6 is 11.3 Å². The van der Waals surface area contributed by atoms with Crippen molar-refractivity contribution in [3.8, 4) is 0 Å². The van der Waals surface area contributed by atoms with E-state index in [1.807, 2.05) is 17.8 Å². The summed E-state index contributed by atoms with van der Waals surface area (Å²) in [4.78, 5) is 11.0. The molecule has 0 radical (unpaired) electrons. The highest BCUT2D eigenvalue weighted by atomic mass is 32.1. The van der Waals surface area contributed by atoms with E-state index in [-0.39, 0.29) is 0 Å². The van der Waals surface area contributed by atoms with E-state index in [9.17, 15) is 0 Å². The molecule has 0 atom stereocenters. The van der Waals surface area contributed by atoms with Gasteiger partial charge in [0.15, 0.2) is 0 Å². The zero-order valence-corrected chi connectivity index (χ0v) is 11.4. The molecule has 0 amide bonds. The number of nitrogens with zero attached hydrogens (tertiary/aromatic N) is 3. The molecule has 0 bridgehead atoms. The molecule has 2 aromatic rings. The second-order valence-electron chi connectivity index (χ2n) is 4.28. The van der Waals surface area contributed by atoms with E-state index in [0.717, 1.165) is 49.4 Å². The number of thiazole rings is 1. The van der Waals surface area contributed by atoms with Gasteiger partial charge in [0.25, 0.3) is 0 Å². The number of hydrogen-bond donors (Lipinski definition) is 1. The predicted octanol–water partition coefficient (Wildman–Crippen LogP) is 1.99. The lowest BCUT2D eigenvalue weighted by molar-refractivity contribution is 0.122. The second kappa shape index (κ2) is 5.99. The van der Waals surface area contributed by atoms with Crippen LogP contribution < -0.4 is 10.2 Å². The summed E-state index contributed by atoms with van der Waals surface area (Å²) in [5.41, 5.74) is 1.02. The van der Waals surface area contributed by atoms with Crippen molar-refractivity contribution in [2.75, 3.05) is 36.5 Å². The van der Waals surface area contributed by atoms with Crippen molar-refractivity contribution >= 4 is 22.8 Å². The van der Waals surface area contributed by atoms with E-state index in [1.54, 1.807) is 11.3 Å². The lowest BCUT2D eigenvalue weighted by atomic mass is 10.3. The van der Waals surface area contributed by atoms with Crippen LogP contribution in [0.4, 0.5) is 11.5 Å². The Morgan fingerprint density at radius 2 is 2.16 bits per heavy atom. The van der Waals surface area contributed by atoms with Gasteiger partial charge < -0.3 is 15.0 Å². The number of pyridine rings is 1. The molecule has 1 saturated heterocycles. The molecule has 5 nitrogen and oxygen atoms in total. The lowest BCUT2D eigenvalue weighted by Crippen LogP contribution is -2.36. The van der Waals surface area contributed by atoms with Gasteiger partial charge in [-0.3, -0.25) is 0 Å². The first-order chi connectivity index (χ1) is 9.42. The van der Waals surface area contributed by atoms with Crippen molar-refractivity contribution in [3.63, 3.8) is 0 Å². The van der Waals surface area contributed by atoms with Crippen LogP contribution in [0.3, 0.4) is 0 Å². The third kappa shape index (κ3) is 3.21. The third-order valence-electron chi connectivity index (χ3n) is 3.01. The topological polar surface area (TPSA) is 50.3 Å². The smallest absolute Gasteiger partial charge is 0.128 e. The quantitative estimate of drug-likeness (QED) is 0.925. The Hall–Kier alpha value is -1.66. The van der Waals surface area contributed by atoms with Gasteiger partial charge in [-0.1, -0.05) is 0 Å². The molecule has 0 saturated carbocycles. The Bertz CT molecular complexity index is 494.